The molecule has 5 aliphatic heterocycles. The molecule has 8 unspecified atom stereocenters. The van der Waals surface area contributed by atoms with Crippen LogP contribution in [0.2, 0.25) is 0 Å². The predicted molar refractivity (Wildman–Crippen MR) is 249 cm³/mol. The number of fused-ring (bicyclic) bond motifs is 8. The van der Waals surface area contributed by atoms with Crippen LogP contribution in [0.4, 0.5) is 0 Å². The summed E-state index contributed by atoms with van der Waals surface area (Å²) < 4.78 is 46.8. The summed E-state index contributed by atoms with van der Waals surface area (Å²) in [4.78, 5) is 0. The van der Waals surface area contributed by atoms with Crippen molar-refractivity contribution in [3.05, 3.63) is 95.1 Å². The number of ether oxygens (including phenoxy) is 8. The third kappa shape index (κ3) is 8.31. The highest BCUT2D eigenvalue weighted by molar-refractivity contribution is 5.49. The van der Waals surface area contributed by atoms with Gasteiger partial charge in [-0.3, -0.25) is 0 Å². The van der Waals surface area contributed by atoms with E-state index in [9.17, 15) is 0 Å². The molecule has 5 aliphatic rings. The predicted octanol–water partition coefficient (Wildman–Crippen LogP) is 7.69. The van der Waals surface area contributed by atoms with Gasteiger partial charge in [0.05, 0.1) is 56.9 Å². The van der Waals surface area contributed by atoms with Crippen molar-refractivity contribution in [1.82, 2.24) is 21.3 Å². The van der Waals surface area contributed by atoms with Gasteiger partial charge < -0.3 is 59.2 Å². The maximum Gasteiger partial charge on any atom is 0.160 e. The molecule has 0 aromatic heterocycles. The van der Waals surface area contributed by atoms with Crippen molar-refractivity contribution in [2.75, 3.05) is 56.9 Å². The molecule has 5 fully saturated rings. The Morgan fingerprint density at radius 1 is 0.266 bits per heavy atom. The smallest absolute Gasteiger partial charge is 0.160 e. The SMILES string of the molecule is COc1ccc(C2C3CCC(N3)C(c3ccc(OC)c(OC)c3)C3CCC(N3)C(c3ccc(OC)c(OC)c3)C3CCC(N3)C(c3ccc(OC)c(OC)c3)C3CCC2N3)cc1OC. The van der Waals surface area contributed by atoms with Crippen molar-refractivity contribution in [2.24, 2.45) is 0 Å². The molecule has 64 heavy (non-hydrogen) atoms. The zero-order valence-electron chi connectivity index (χ0n) is 38.8. The van der Waals surface area contributed by atoms with Gasteiger partial charge in [0.25, 0.3) is 0 Å². The van der Waals surface area contributed by atoms with Crippen molar-refractivity contribution in [3.63, 3.8) is 0 Å². The van der Waals surface area contributed by atoms with Gasteiger partial charge in [-0.25, -0.2) is 0 Å². The molecule has 12 nitrogen and oxygen atoms in total. The third-order valence-electron chi connectivity index (χ3n) is 15.5. The van der Waals surface area contributed by atoms with Crippen LogP contribution >= 0.6 is 0 Å². The number of nitrogens with one attached hydrogen (secondary N) is 4. The molecule has 0 radical (unpaired) electrons. The van der Waals surface area contributed by atoms with E-state index in [0.29, 0.717) is 0 Å². The van der Waals surface area contributed by atoms with Gasteiger partial charge in [-0.05, 0) is 122 Å². The second-order valence-corrected chi connectivity index (χ2v) is 18.4. The lowest BCUT2D eigenvalue weighted by molar-refractivity contribution is 0.302. The van der Waals surface area contributed by atoms with E-state index in [1.165, 1.54) is 22.3 Å². The summed E-state index contributed by atoms with van der Waals surface area (Å²) in [6.07, 6.45) is 8.38. The van der Waals surface area contributed by atoms with Gasteiger partial charge >= 0.3 is 0 Å². The fourth-order valence-electron chi connectivity index (χ4n) is 12.7. The van der Waals surface area contributed by atoms with Crippen LogP contribution in [-0.4, -0.2) is 105 Å². The summed E-state index contributed by atoms with van der Waals surface area (Å²) in [5.74, 6) is 6.73. The van der Waals surface area contributed by atoms with E-state index in [-0.39, 0.29) is 72.0 Å². The van der Waals surface area contributed by atoms with Gasteiger partial charge in [-0.2, -0.15) is 0 Å². The maximum absolute atomic E-state index is 5.94. The molecule has 4 N–H and O–H groups in total. The van der Waals surface area contributed by atoms with Gasteiger partial charge in [-0.1, -0.05) is 24.3 Å². The molecule has 8 atom stereocenters. The van der Waals surface area contributed by atoms with Crippen LogP contribution < -0.4 is 59.2 Å². The highest BCUT2D eigenvalue weighted by atomic mass is 16.5. The number of rotatable bonds is 12. The summed E-state index contributed by atoms with van der Waals surface area (Å²) in [5.41, 5.74) is 5.04. The lowest BCUT2D eigenvalue weighted by Gasteiger charge is -2.38. The standard InChI is InChI=1S/C52H68N4O8/c1-57-41-21-9-29(25-45(41)61-5)49-33-13-15-35(53-33)50(30-10-22-42(58-2)46(26-30)62-6)37-17-19-39(55-37)52(32-12-24-44(60-4)48(28-32)64-8)40-20-18-38(56-40)51(36-16-14-34(49)54-36)31-11-23-43(59-3)47(27-31)63-7/h9-12,21-28,33-40,49-56H,13-20H2,1-8H3. The van der Waals surface area contributed by atoms with Gasteiger partial charge in [-0.15, -0.1) is 0 Å². The Morgan fingerprint density at radius 3 is 0.594 bits per heavy atom. The molecule has 4 aromatic rings. The van der Waals surface area contributed by atoms with Crippen LogP contribution in [0.3, 0.4) is 0 Å². The van der Waals surface area contributed by atoms with Gasteiger partial charge in [0.15, 0.2) is 46.0 Å². The fraction of sp³-hybridized carbons (Fsp3) is 0.538. The van der Waals surface area contributed by atoms with Crippen molar-refractivity contribution in [2.45, 2.75) is 123 Å². The second kappa shape index (κ2) is 19.3. The molecule has 0 saturated carbocycles. The summed E-state index contributed by atoms with van der Waals surface area (Å²) in [6, 6.07) is 28.0. The Labute approximate surface area is 379 Å². The zero-order valence-corrected chi connectivity index (χ0v) is 38.8. The number of methoxy groups -OCH3 is 8. The first-order chi connectivity index (χ1) is 31.3. The molecule has 9 rings (SSSR count). The normalized spacial score (nSPS) is 31.0. The van der Waals surface area contributed by atoms with E-state index < -0.39 is 0 Å². The Morgan fingerprint density at radius 2 is 0.438 bits per heavy atom. The van der Waals surface area contributed by atoms with Crippen LogP contribution in [0.5, 0.6) is 46.0 Å². The Hall–Kier alpha value is -4.88. The lowest BCUT2D eigenvalue weighted by atomic mass is 9.82. The lowest BCUT2D eigenvalue weighted by Crippen LogP contribution is -2.51. The molecule has 8 bridgehead atoms. The number of hydrogen-bond acceptors (Lipinski definition) is 12. The first kappa shape index (κ1) is 44.3. The van der Waals surface area contributed by atoms with Crippen molar-refractivity contribution < 1.29 is 37.9 Å². The van der Waals surface area contributed by atoms with Gasteiger partial charge in [0, 0.05) is 72.0 Å². The first-order valence-corrected chi connectivity index (χ1v) is 23.2. The van der Waals surface area contributed by atoms with E-state index in [4.69, 9.17) is 37.9 Å². The van der Waals surface area contributed by atoms with Crippen LogP contribution in [0, 0.1) is 0 Å². The van der Waals surface area contributed by atoms with Crippen LogP contribution in [-0.2, 0) is 0 Å². The van der Waals surface area contributed by atoms with Crippen molar-refractivity contribution in [3.8, 4) is 46.0 Å². The van der Waals surface area contributed by atoms with Crippen LogP contribution in [0.25, 0.3) is 0 Å². The van der Waals surface area contributed by atoms with E-state index in [0.717, 1.165) is 97.4 Å². The number of hydrogen-bond donors (Lipinski definition) is 4. The molecule has 0 spiro atoms. The monoisotopic (exact) mass is 877 g/mol. The topological polar surface area (TPSA) is 122 Å². The molecule has 4 aromatic carbocycles. The molecule has 0 amide bonds. The summed E-state index contributed by atoms with van der Waals surface area (Å²) >= 11 is 0. The highest BCUT2D eigenvalue weighted by Crippen LogP contribution is 2.48. The number of benzene rings is 4. The Balaban J connectivity index is 1.17. The molecular formula is C52H68N4O8. The molecule has 5 saturated heterocycles. The van der Waals surface area contributed by atoms with E-state index in [2.05, 4.69) is 94.1 Å². The quantitative estimate of drug-likeness (QED) is 0.112. The summed E-state index contributed by atoms with van der Waals surface area (Å²) in [5, 5.41) is 17.4. The molecular weight excluding hydrogens is 809 g/mol. The molecule has 12 heteroatoms. The minimum absolute atomic E-state index is 0.183. The summed E-state index contributed by atoms with van der Waals surface area (Å²) in [6.45, 7) is 0. The van der Waals surface area contributed by atoms with Crippen molar-refractivity contribution >= 4 is 0 Å². The molecule has 0 aliphatic carbocycles. The summed E-state index contributed by atoms with van der Waals surface area (Å²) in [7, 11) is 13.8. The Bertz CT molecular complexity index is 1890. The Kier molecular flexibility index (Phi) is 13.4. The molecule has 5 heterocycles. The average Bonchev–Trinajstić information content (AvgIpc) is 4.19. The van der Waals surface area contributed by atoms with Crippen LogP contribution in [0.15, 0.2) is 72.8 Å². The minimum atomic E-state index is 0.183. The van der Waals surface area contributed by atoms with Gasteiger partial charge in [0.1, 0.15) is 0 Å². The largest absolute Gasteiger partial charge is 0.493 e. The van der Waals surface area contributed by atoms with Crippen LogP contribution in [0.1, 0.15) is 97.3 Å². The van der Waals surface area contributed by atoms with E-state index >= 15 is 0 Å². The van der Waals surface area contributed by atoms with Gasteiger partial charge in [0.2, 0.25) is 0 Å². The highest BCUT2D eigenvalue weighted by Gasteiger charge is 2.49. The third-order valence-corrected chi connectivity index (χ3v) is 15.5. The minimum Gasteiger partial charge on any atom is -0.493 e. The second-order valence-electron chi connectivity index (χ2n) is 18.4. The van der Waals surface area contributed by atoms with E-state index in [1.54, 1.807) is 56.9 Å². The average molecular weight is 877 g/mol. The first-order valence-electron chi connectivity index (χ1n) is 23.2. The fourth-order valence-corrected chi connectivity index (χ4v) is 12.7. The maximum atomic E-state index is 5.94. The van der Waals surface area contributed by atoms with Crippen molar-refractivity contribution in [1.29, 1.82) is 0 Å². The zero-order chi connectivity index (χ0) is 44.5. The molecule has 344 valence electrons. The van der Waals surface area contributed by atoms with E-state index in [1.807, 2.05) is 0 Å².